The van der Waals surface area contributed by atoms with Crippen LogP contribution in [0.3, 0.4) is 0 Å². The number of aryl methyl sites for hydroxylation is 3. The summed E-state index contributed by atoms with van der Waals surface area (Å²) in [6.45, 7) is 18.9. The Labute approximate surface area is 223 Å². The van der Waals surface area contributed by atoms with Gasteiger partial charge in [-0.25, -0.2) is 9.97 Å². The number of aromatic nitrogens is 4. The molecule has 3 aromatic heterocycles. The second kappa shape index (κ2) is 10.5. The summed E-state index contributed by atoms with van der Waals surface area (Å²) in [5.41, 5.74) is 8.60. The van der Waals surface area contributed by atoms with E-state index in [-0.39, 0.29) is 5.56 Å². The van der Waals surface area contributed by atoms with Gasteiger partial charge in [0.05, 0.1) is 0 Å². The van der Waals surface area contributed by atoms with Gasteiger partial charge in [0, 0.05) is 96.3 Å². The molecule has 0 saturated carbocycles. The number of hydrogen-bond acceptors (Lipinski definition) is 6. The molecule has 4 aromatic rings. The maximum atomic E-state index is 12.6. The van der Waals surface area contributed by atoms with E-state index >= 15 is 0 Å². The lowest BCUT2D eigenvalue weighted by atomic mass is 9.98. The molecule has 198 valence electrons. The van der Waals surface area contributed by atoms with Crippen LogP contribution in [0.25, 0.3) is 27.7 Å². The lowest BCUT2D eigenvalue weighted by Gasteiger charge is -2.27. The molecule has 1 saturated heterocycles. The van der Waals surface area contributed by atoms with Crippen LogP contribution in [0.4, 0.5) is 5.95 Å². The van der Waals surface area contributed by atoms with Gasteiger partial charge < -0.3 is 25.1 Å². The number of anilines is 1. The van der Waals surface area contributed by atoms with Crippen molar-refractivity contribution in [3.8, 4) is 11.1 Å². The number of piperazine rings is 1. The zero-order valence-electron chi connectivity index (χ0n) is 23.0. The highest BCUT2D eigenvalue weighted by atomic mass is 16.1. The summed E-state index contributed by atoms with van der Waals surface area (Å²) in [5.74, 6) is 0.766. The molecule has 1 aromatic carbocycles. The van der Waals surface area contributed by atoms with Gasteiger partial charge in [-0.05, 0) is 69.5 Å². The van der Waals surface area contributed by atoms with Crippen LogP contribution in [-0.4, -0.2) is 45.7 Å². The highest BCUT2D eigenvalue weighted by Crippen LogP contribution is 2.35. The fourth-order valence-corrected chi connectivity index (χ4v) is 5.31. The highest BCUT2D eigenvalue weighted by molar-refractivity contribution is 5.97. The first-order valence-electron chi connectivity index (χ1n) is 13.3. The number of H-pyrrole nitrogens is 1. The largest absolute Gasteiger partial charge is 0.381 e. The summed E-state index contributed by atoms with van der Waals surface area (Å²) in [5, 5.41) is 7.97. The molecule has 3 N–H and O–H groups in total. The number of benzene rings is 1. The summed E-state index contributed by atoms with van der Waals surface area (Å²) < 4.78 is 2.30. The number of pyridine rings is 1. The maximum Gasteiger partial charge on any atom is 0.253 e. The molecule has 0 unspecified atom stereocenters. The predicted octanol–water partition coefficient (Wildman–Crippen LogP) is 4.46. The minimum atomic E-state index is -0.0643. The molecule has 0 aliphatic carbocycles. The summed E-state index contributed by atoms with van der Waals surface area (Å²) in [7, 11) is 0. The van der Waals surface area contributed by atoms with Gasteiger partial charge in [-0.2, -0.15) is 0 Å². The summed E-state index contributed by atoms with van der Waals surface area (Å²) in [6.07, 6.45) is 6.03. The zero-order valence-corrected chi connectivity index (χ0v) is 23.0. The van der Waals surface area contributed by atoms with Crippen LogP contribution < -0.4 is 21.1 Å². The van der Waals surface area contributed by atoms with Crippen LogP contribution in [0.15, 0.2) is 48.2 Å². The number of hydrogen-bond donors (Lipinski definition) is 3. The van der Waals surface area contributed by atoms with E-state index in [4.69, 9.17) is 9.97 Å². The van der Waals surface area contributed by atoms with Crippen molar-refractivity contribution in [3.05, 3.63) is 81.7 Å². The Kier molecular flexibility index (Phi) is 7.08. The Morgan fingerprint density at radius 3 is 2.42 bits per heavy atom. The van der Waals surface area contributed by atoms with E-state index in [2.05, 4.69) is 70.8 Å². The Hall–Kier alpha value is -3.91. The first-order valence-corrected chi connectivity index (χ1v) is 13.3. The average molecular weight is 512 g/mol. The van der Waals surface area contributed by atoms with E-state index in [9.17, 15) is 4.79 Å². The van der Waals surface area contributed by atoms with Crippen LogP contribution >= 0.6 is 0 Å². The van der Waals surface area contributed by atoms with Crippen molar-refractivity contribution < 1.29 is 0 Å². The Morgan fingerprint density at radius 1 is 1.05 bits per heavy atom. The topological polar surface area (TPSA) is 90.9 Å². The second-order valence-corrected chi connectivity index (χ2v) is 10.5. The third kappa shape index (κ3) is 4.96. The number of aromatic amines is 1. The van der Waals surface area contributed by atoms with Crippen LogP contribution in [0.5, 0.6) is 0 Å². The van der Waals surface area contributed by atoms with Crippen molar-refractivity contribution >= 4 is 22.5 Å². The van der Waals surface area contributed by atoms with Crippen LogP contribution in [0, 0.1) is 20.8 Å². The monoisotopic (exact) mass is 511 g/mol. The van der Waals surface area contributed by atoms with E-state index in [1.54, 1.807) is 0 Å². The maximum absolute atomic E-state index is 12.6. The standard InChI is InChI=1S/C30H37N7O/c1-18(2)37-17-20(4)28-25(22(6)32-16-26-19(3)11-21(5)35-29(26)38)12-23(13-27(28)37)24-14-33-30(34-15-24)36-9-7-31-8-10-36/h11-15,17-18,31-32H,6-10,16H2,1-5H3,(H,35,38). The van der Waals surface area contributed by atoms with Crippen LogP contribution in [-0.2, 0) is 6.54 Å². The molecular weight excluding hydrogens is 474 g/mol. The number of nitrogens with one attached hydrogen (secondary N) is 3. The third-order valence-electron chi connectivity index (χ3n) is 7.35. The molecule has 0 atom stereocenters. The molecular formula is C30H37N7O. The fraction of sp³-hybridized carbons (Fsp3) is 0.367. The van der Waals surface area contributed by atoms with Gasteiger partial charge >= 0.3 is 0 Å². The van der Waals surface area contributed by atoms with Crippen molar-refractivity contribution in [2.75, 3.05) is 31.1 Å². The number of rotatable bonds is 7. The number of nitrogens with zero attached hydrogens (tertiary/aromatic N) is 4. The summed E-state index contributed by atoms with van der Waals surface area (Å²) in [6, 6.07) is 6.68. The van der Waals surface area contributed by atoms with Crippen molar-refractivity contribution in [2.45, 2.75) is 47.2 Å². The van der Waals surface area contributed by atoms with E-state index in [0.29, 0.717) is 12.6 Å². The van der Waals surface area contributed by atoms with Gasteiger partial charge in [-0.1, -0.05) is 6.58 Å². The average Bonchev–Trinajstić information content (AvgIpc) is 3.24. The molecule has 0 radical (unpaired) electrons. The minimum Gasteiger partial charge on any atom is -0.381 e. The third-order valence-corrected chi connectivity index (χ3v) is 7.35. The molecule has 0 amide bonds. The summed E-state index contributed by atoms with van der Waals surface area (Å²) >= 11 is 0. The van der Waals surface area contributed by atoms with Crippen molar-refractivity contribution in [1.82, 2.24) is 30.2 Å². The fourth-order valence-electron chi connectivity index (χ4n) is 5.31. The highest BCUT2D eigenvalue weighted by Gasteiger charge is 2.18. The number of fused-ring (bicyclic) bond motifs is 1. The van der Waals surface area contributed by atoms with Gasteiger partial charge in [0.2, 0.25) is 5.95 Å². The Morgan fingerprint density at radius 2 is 1.76 bits per heavy atom. The van der Waals surface area contributed by atoms with Gasteiger partial charge in [0.1, 0.15) is 0 Å². The molecule has 0 spiro atoms. The zero-order chi connectivity index (χ0) is 27.0. The van der Waals surface area contributed by atoms with Gasteiger partial charge in [0.15, 0.2) is 0 Å². The lowest BCUT2D eigenvalue weighted by molar-refractivity contribution is 0.580. The Balaban J connectivity index is 1.53. The van der Waals surface area contributed by atoms with Crippen molar-refractivity contribution in [1.29, 1.82) is 0 Å². The van der Waals surface area contributed by atoms with E-state index in [1.807, 2.05) is 32.3 Å². The first kappa shape index (κ1) is 25.7. The second-order valence-electron chi connectivity index (χ2n) is 10.5. The van der Waals surface area contributed by atoms with Gasteiger partial charge in [-0.15, -0.1) is 0 Å². The van der Waals surface area contributed by atoms with Crippen LogP contribution in [0.1, 0.15) is 47.8 Å². The molecule has 1 fully saturated rings. The summed E-state index contributed by atoms with van der Waals surface area (Å²) in [4.78, 5) is 27.1. The molecule has 1 aliphatic heterocycles. The predicted molar refractivity (Wildman–Crippen MR) is 156 cm³/mol. The van der Waals surface area contributed by atoms with Gasteiger partial charge in [0.25, 0.3) is 5.56 Å². The molecule has 0 bridgehead atoms. The Bertz CT molecular complexity index is 1540. The van der Waals surface area contributed by atoms with E-state index in [0.717, 1.165) is 82.2 Å². The SMILES string of the molecule is C=C(NCc1c(C)cc(C)[nH]c1=O)c1cc(-c2cnc(N3CCNCC3)nc2)cc2c1c(C)cn2C(C)C. The van der Waals surface area contributed by atoms with Crippen molar-refractivity contribution in [2.24, 2.45) is 0 Å². The van der Waals surface area contributed by atoms with Crippen molar-refractivity contribution in [3.63, 3.8) is 0 Å². The first-order chi connectivity index (χ1) is 18.2. The molecule has 8 heteroatoms. The van der Waals surface area contributed by atoms with E-state index in [1.165, 1.54) is 5.56 Å². The molecule has 1 aliphatic rings. The van der Waals surface area contributed by atoms with E-state index < -0.39 is 0 Å². The quantitative estimate of drug-likeness (QED) is 0.339. The normalized spacial score (nSPS) is 13.9. The molecule has 4 heterocycles. The van der Waals surface area contributed by atoms with Crippen LogP contribution in [0.2, 0.25) is 0 Å². The van der Waals surface area contributed by atoms with Gasteiger partial charge in [-0.3, -0.25) is 4.79 Å². The minimum absolute atomic E-state index is 0.0643. The molecule has 8 nitrogen and oxygen atoms in total. The molecule has 38 heavy (non-hydrogen) atoms. The smallest absolute Gasteiger partial charge is 0.253 e. The lowest BCUT2D eigenvalue weighted by Crippen LogP contribution is -2.44. The molecule has 5 rings (SSSR count).